The number of rotatable bonds is 7. The van der Waals surface area contributed by atoms with E-state index in [4.69, 9.17) is 5.26 Å². The Kier molecular flexibility index (Phi) is 6.58. The Hall–Kier alpha value is -2.81. The van der Waals surface area contributed by atoms with Gasteiger partial charge in [-0.2, -0.15) is 18.4 Å². The molecule has 12 heteroatoms. The minimum absolute atomic E-state index is 0.0430. The van der Waals surface area contributed by atoms with Gasteiger partial charge in [0.1, 0.15) is 11.8 Å². The van der Waals surface area contributed by atoms with Crippen molar-refractivity contribution < 1.29 is 22.7 Å². The third kappa shape index (κ3) is 5.83. The Morgan fingerprint density at radius 1 is 1.38 bits per heavy atom. The van der Waals surface area contributed by atoms with Gasteiger partial charge in [-0.25, -0.2) is 4.68 Å². The maximum absolute atomic E-state index is 12.3. The molecule has 1 aliphatic carbocycles. The van der Waals surface area contributed by atoms with Crippen LogP contribution in [0.2, 0.25) is 0 Å². The zero-order valence-electron chi connectivity index (χ0n) is 15.1. The molecule has 2 aromatic rings. The van der Waals surface area contributed by atoms with E-state index in [-0.39, 0.29) is 34.7 Å². The van der Waals surface area contributed by atoms with Crippen LogP contribution in [0, 0.1) is 11.3 Å². The summed E-state index contributed by atoms with van der Waals surface area (Å²) in [6.07, 6.45) is -0.252. The first-order valence-electron chi connectivity index (χ1n) is 8.80. The van der Waals surface area contributed by atoms with Crippen LogP contribution in [0.4, 0.5) is 18.9 Å². The summed E-state index contributed by atoms with van der Waals surface area (Å²) in [6, 6.07) is 5.86. The summed E-state index contributed by atoms with van der Waals surface area (Å²) in [5.74, 6) is -0.516. The number of hydrogen-bond donors (Lipinski definition) is 1. The van der Waals surface area contributed by atoms with Gasteiger partial charge in [-0.3, -0.25) is 4.79 Å². The van der Waals surface area contributed by atoms with E-state index in [0.29, 0.717) is 5.16 Å². The average Bonchev–Trinajstić information content (AvgIpc) is 3.35. The lowest BCUT2D eigenvalue weighted by Gasteiger charge is -2.12. The molecule has 0 saturated heterocycles. The summed E-state index contributed by atoms with van der Waals surface area (Å²) in [5.41, 5.74) is 0.173. The Labute approximate surface area is 168 Å². The summed E-state index contributed by atoms with van der Waals surface area (Å²) in [4.78, 5) is 12.2. The number of benzene rings is 1. The number of halogens is 3. The highest BCUT2D eigenvalue weighted by atomic mass is 32.2. The quantitative estimate of drug-likeness (QED) is 0.677. The van der Waals surface area contributed by atoms with Crippen LogP contribution < -0.4 is 10.1 Å². The Morgan fingerprint density at radius 2 is 2.14 bits per heavy atom. The van der Waals surface area contributed by atoms with Crippen LogP contribution in [0.5, 0.6) is 5.75 Å². The fourth-order valence-electron chi connectivity index (χ4n) is 2.97. The largest absolute Gasteiger partial charge is 0.483 e. The summed E-state index contributed by atoms with van der Waals surface area (Å²) < 4.78 is 43.2. The maximum atomic E-state index is 12.3. The normalized spacial score (nSPS) is 14.6. The molecule has 1 heterocycles. The van der Waals surface area contributed by atoms with Crippen LogP contribution in [0.3, 0.4) is 0 Å². The second-order valence-corrected chi connectivity index (χ2v) is 7.35. The molecule has 0 spiro atoms. The van der Waals surface area contributed by atoms with E-state index in [1.165, 1.54) is 30.0 Å². The number of ether oxygens (including phenoxy) is 1. The van der Waals surface area contributed by atoms with Gasteiger partial charge >= 0.3 is 6.18 Å². The van der Waals surface area contributed by atoms with Crippen molar-refractivity contribution in [2.45, 2.75) is 43.1 Å². The van der Waals surface area contributed by atoms with Gasteiger partial charge < -0.3 is 10.1 Å². The summed E-state index contributed by atoms with van der Waals surface area (Å²) in [6.45, 7) is -1.50. The molecule has 1 aromatic carbocycles. The molecule has 1 aromatic heterocycles. The molecule has 0 unspecified atom stereocenters. The highest BCUT2D eigenvalue weighted by Gasteiger charge is 2.29. The fraction of sp³-hybridized carbons (Fsp3) is 0.471. The van der Waals surface area contributed by atoms with E-state index in [1.807, 2.05) is 0 Å². The molecule has 1 N–H and O–H groups in total. The van der Waals surface area contributed by atoms with Crippen molar-refractivity contribution >= 4 is 23.4 Å². The lowest BCUT2D eigenvalue weighted by Crippen LogP contribution is -2.19. The number of amides is 1. The molecule has 1 amide bonds. The van der Waals surface area contributed by atoms with E-state index in [1.54, 1.807) is 10.8 Å². The number of hydrogen-bond acceptors (Lipinski definition) is 7. The zero-order valence-corrected chi connectivity index (χ0v) is 16.0. The number of thioether (sulfide) groups is 1. The van der Waals surface area contributed by atoms with Gasteiger partial charge in [-0.15, -0.1) is 5.10 Å². The SMILES string of the molecule is N#Cc1cc(NC(=O)CSc2nnnn2C2CCCC2)ccc1OCC(F)(F)F. The Morgan fingerprint density at radius 3 is 2.83 bits per heavy atom. The predicted molar refractivity (Wildman–Crippen MR) is 97.4 cm³/mol. The second kappa shape index (κ2) is 9.13. The smallest absolute Gasteiger partial charge is 0.422 e. The maximum Gasteiger partial charge on any atom is 0.422 e. The van der Waals surface area contributed by atoms with Crippen molar-refractivity contribution in [2.75, 3.05) is 17.7 Å². The fourth-order valence-corrected chi connectivity index (χ4v) is 3.71. The third-order valence-electron chi connectivity index (χ3n) is 4.24. The molecule has 0 radical (unpaired) electrons. The molecular formula is C17H17F3N6O2S. The number of aromatic nitrogens is 4. The summed E-state index contributed by atoms with van der Waals surface area (Å²) in [7, 11) is 0. The van der Waals surface area contributed by atoms with Gasteiger partial charge in [-0.1, -0.05) is 24.6 Å². The van der Waals surface area contributed by atoms with Crippen molar-refractivity contribution in [2.24, 2.45) is 0 Å². The van der Waals surface area contributed by atoms with Crippen molar-refractivity contribution in [3.8, 4) is 11.8 Å². The predicted octanol–water partition coefficient (Wildman–Crippen LogP) is 3.33. The molecule has 1 aliphatic rings. The van der Waals surface area contributed by atoms with Crippen LogP contribution in [0.15, 0.2) is 23.4 Å². The highest BCUT2D eigenvalue weighted by molar-refractivity contribution is 7.99. The third-order valence-corrected chi connectivity index (χ3v) is 5.17. The van der Waals surface area contributed by atoms with Crippen LogP contribution >= 0.6 is 11.8 Å². The first-order valence-corrected chi connectivity index (χ1v) is 9.78. The van der Waals surface area contributed by atoms with Crippen LogP contribution in [-0.4, -0.2) is 44.7 Å². The molecule has 8 nitrogen and oxygen atoms in total. The minimum atomic E-state index is -4.51. The van der Waals surface area contributed by atoms with Crippen LogP contribution in [0.1, 0.15) is 37.3 Å². The van der Waals surface area contributed by atoms with Crippen molar-refractivity contribution in [1.29, 1.82) is 5.26 Å². The zero-order chi connectivity index (χ0) is 20.9. The average molecular weight is 426 g/mol. The number of nitrogens with zero attached hydrogens (tertiary/aromatic N) is 5. The lowest BCUT2D eigenvalue weighted by atomic mass is 10.2. The van der Waals surface area contributed by atoms with Crippen LogP contribution in [0.25, 0.3) is 0 Å². The molecular weight excluding hydrogens is 409 g/mol. The van der Waals surface area contributed by atoms with Gasteiger partial charge in [0.05, 0.1) is 17.4 Å². The first-order chi connectivity index (χ1) is 13.9. The molecule has 0 atom stereocenters. The molecule has 0 aliphatic heterocycles. The molecule has 29 heavy (non-hydrogen) atoms. The van der Waals surface area contributed by atoms with Gasteiger partial charge in [0.15, 0.2) is 6.61 Å². The topological polar surface area (TPSA) is 106 Å². The van der Waals surface area contributed by atoms with Crippen molar-refractivity contribution in [3.63, 3.8) is 0 Å². The number of nitrogens with one attached hydrogen (secondary N) is 1. The minimum Gasteiger partial charge on any atom is -0.483 e. The summed E-state index contributed by atoms with van der Waals surface area (Å²) >= 11 is 1.19. The highest BCUT2D eigenvalue weighted by Crippen LogP contribution is 2.31. The number of alkyl halides is 3. The Balaban J connectivity index is 1.57. The molecule has 1 fully saturated rings. The molecule has 3 rings (SSSR count). The number of nitriles is 1. The van der Waals surface area contributed by atoms with Crippen molar-refractivity contribution in [3.05, 3.63) is 23.8 Å². The van der Waals surface area contributed by atoms with Crippen molar-refractivity contribution in [1.82, 2.24) is 20.2 Å². The number of anilines is 1. The van der Waals surface area contributed by atoms with E-state index in [0.717, 1.165) is 25.7 Å². The monoisotopic (exact) mass is 426 g/mol. The lowest BCUT2D eigenvalue weighted by molar-refractivity contribution is -0.153. The van der Waals surface area contributed by atoms with E-state index in [9.17, 15) is 18.0 Å². The molecule has 1 saturated carbocycles. The number of tetrazole rings is 1. The molecule has 0 bridgehead atoms. The second-order valence-electron chi connectivity index (χ2n) is 6.41. The van der Waals surface area contributed by atoms with E-state index in [2.05, 4.69) is 25.6 Å². The van der Waals surface area contributed by atoms with Crippen LogP contribution in [-0.2, 0) is 4.79 Å². The van der Waals surface area contributed by atoms with E-state index < -0.39 is 12.8 Å². The summed E-state index contributed by atoms with van der Waals surface area (Å²) in [5, 5.41) is 23.9. The van der Waals surface area contributed by atoms with Gasteiger partial charge in [0.2, 0.25) is 11.1 Å². The number of carbonyl (C=O) groups is 1. The van der Waals surface area contributed by atoms with Gasteiger partial charge in [-0.05, 0) is 41.5 Å². The van der Waals surface area contributed by atoms with Gasteiger partial charge in [0.25, 0.3) is 0 Å². The van der Waals surface area contributed by atoms with Gasteiger partial charge in [0, 0.05) is 5.69 Å². The standard InChI is InChI=1S/C17H17F3N6O2S/c18-17(19,20)10-28-14-6-5-12(7-11(14)8-21)22-15(27)9-29-16-23-24-25-26(16)13-3-1-2-4-13/h5-7,13H,1-4,9-10H2,(H,22,27). The molecule has 154 valence electrons. The van der Waals surface area contributed by atoms with E-state index >= 15 is 0 Å². The number of carbonyl (C=O) groups excluding carboxylic acids is 1. The first kappa shape index (κ1) is 20.9. The Bertz CT molecular complexity index is 905.